The molecule has 6 nitrogen and oxygen atoms in total. The van der Waals surface area contributed by atoms with Gasteiger partial charge in [0.25, 0.3) is 11.1 Å². The summed E-state index contributed by atoms with van der Waals surface area (Å²) in [7, 11) is 0. The molecule has 3 rings (SSSR count). The van der Waals surface area contributed by atoms with Gasteiger partial charge in [-0.05, 0) is 18.2 Å². The minimum Gasteiger partial charge on any atom is -0.618 e. The van der Waals surface area contributed by atoms with Gasteiger partial charge in [0.2, 0.25) is 5.52 Å². The van der Waals surface area contributed by atoms with E-state index < -0.39 is 11.4 Å². The lowest BCUT2D eigenvalue weighted by molar-refractivity contribution is -0.548. The molecule has 0 aliphatic rings. The van der Waals surface area contributed by atoms with E-state index in [1.165, 1.54) is 12.1 Å². The molecule has 3 aromatic rings. The molecule has 0 aliphatic heterocycles. The molecule has 0 aliphatic carbocycles. The average Bonchev–Trinajstić information content (AvgIpc) is 2.33. The van der Waals surface area contributed by atoms with Crippen molar-refractivity contribution in [3.63, 3.8) is 0 Å². The summed E-state index contributed by atoms with van der Waals surface area (Å²) in [5, 5.41) is 28.2. The first-order valence-electron chi connectivity index (χ1n) is 5.01. The maximum absolute atomic E-state index is 12.1. The number of nitrogens with one attached hydrogen (secondary N) is 1. The van der Waals surface area contributed by atoms with E-state index in [0.717, 1.165) is 0 Å². The fraction of sp³-hybridized carbons (Fsp3) is 0. The van der Waals surface area contributed by atoms with E-state index in [0.29, 0.717) is 20.7 Å². The van der Waals surface area contributed by atoms with Crippen molar-refractivity contribution in [2.75, 3.05) is 0 Å². The SMILES string of the molecule is O=c1[nH]nc(O)c2c1cc1cc(Cl)ccc1[n+]2[O-]. The maximum atomic E-state index is 12.1. The lowest BCUT2D eigenvalue weighted by Gasteiger charge is -2.05. The Bertz CT molecular complexity index is 844. The van der Waals surface area contributed by atoms with Crippen molar-refractivity contribution in [2.24, 2.45) is 0 Å². The van der Waals surface area contributed by atoms with Gasteiger partial charge < -0.3 is 10.3 Å². The molecule has 0 saturated heterocycles. The minimum absolute atomic E-state index is 0.0623. The highest BCUT2D eigenvalue weighted by atomic mass is 35.5. The quantitative estimate of drug-likeness (QED) is 0.360. The average molecular weight is 264 g/mol. The Labute approximate surface area is 105 Å². The number of pyridine rings is 1. The number of H-pyrrole nitrogens is 1. The molecule has 2 aromatic heterocycles. The zero-order valence-electron chi connectivity index (χ0n) is 8.85. The monoisotopic (exact) mass is 263 g/mol. The summed E-state index contributed by atoms with van der Waals surface area (Å²) >= 11 is 5.83. The molecule has 0 bridgehead atoms. The highest BCUT2D eigenvalue weighted by molar-refractivity contribution is 6.31. The second-order valence-corrected chi connectivity index (χ2v) is 4.22. The number of aromatic nitrogens is 3. The Hall–Kier alpha value is -2.34. The van der Waals surface area contributed by atoms with Gasteiger partial charge in [-0.1, -0.05) is 11.6 Å². The van der Waals surface area contributed by atoms with Crippen LogP contribution in [0.15, 0.2) is 29.1 Å². The predicted molar refractivity (Wildman–Crippen MR) is 65.5 cm³/mol. The van der Waals surface area contributed by atoms with E-state index in [4.69, 9.17) is 11.6 Å². The van der Waals surface area contributed by atoms with Crippen LogP contribution >= 0.6 is 11.6 Å². The number of hydrogen-bond donors (Lipinski definition) is 2. The van der Waals surface area contributed by atoms with Crippen molar-refractivity contribution in [3.8, 4) is 5.88 Å². The summed E-state index contributed by atoms with van der Waals surface area (Å²) < 4.78 is 0.471. The molecule has 0 amide bonds. The second-order valence-electron chi connectivity index (χ2n) is 3.78. The number of halogens is 1. The molecule has 2 heterocycles. The molecule has 18 heavy (non-hydrogen) atoms. The minimum atomic E-state index is -0.547. The van der Waals surface area contributed by atoms with Crippen LogP contribution in [0.3, 0.4) is 0 Å². The van der Waals surface area contributed by atoms with E-state index in [1.807, 2.05) is 0 Å². The Kier molecular flexibility index (Phi) is 2.14. The van der Waals surface area contributed by atoms with Gasteiger partial charge >= 0.3 is 5.88 Å². The number of benzene rings is 1. The first kappa shape index (κ1) is 10.8. The van der Waals surface area contributed by atoms with Crippen molar-refractivity contribution in [3.05, 3.63) is 44.8 Å². The maximum Gasteiger partial charge on any atom is 0.304 e. The molecular weight excluding hydrogens is 258 g/mol. The molecule has 0 fully saturated rings. The number of hydrogen-bond acceptors (Lipinski definition) is 4. The Morgan fingerprint density at radius 2 is 2.17 bits per heavy atom. The van der Waals surface area contributed by atoms with Gasteiger partial charge in [-0.25, -0.2) is 5.10 Å². The molecule has 0 atom stereocenters. The van der Waals surface area contributed by atoms with Crippen LogP contribution in [0.1, 0.15) is 0 Å². The zero-order chi connectivity index (χ0) is 12.9. The van der Waals surface area contributed by atoms with Gasteiger partial charge in [0.15, 0.2) is 0 Å². The molecule has 0 radical (unpaired) electrons. The topological polar surface area (TPSA) is 92.9 Å². The summed E-state index contributed by atoms with van der Waals surface area (Å²) in [5.74, 6) is -0.517. The number of aromatic amines is 1. The van der Waals surface area contributed by atoms with Crippen LogP contribution in [0, 0.1) is 5.21 Å². The van der Waals surface area contributed by atoms with Crippen molar-refractivity contribution in [1.82, 2.24) is 10.2 Å². The van der Waals surface area contributed by atoms with Crippen molar-refractivity contribution >= 4 is 33.4 Å². The van der Waals surface area contributed by atoms with Gasteiger partial charge in [-0.2, -0.15) is 4.73 Å². The smallest absolute Gasteiger partial charge is 0.304 e. The van der Waals surface area contributed by atoms with Crippen LogP contribution in [0.5, 0.6) is 5.88 Å². The Balaban J connectivity index is 2.65. The Morgan fingerprint density at radius 3 is 2.94 bits per heavy atom. The van der Waals surface area contributed by atoms with Crippen LogP contribution < -0.4 is 10.3 Å². The van der Waals surface area contributed by atoms with E-state index >= 15 is 0 Å². The third-order valence-corrected chi connectivity index (χ3v) is 2.92. The summed E-state index contributed by atoms with van der Waals surface area (Å²) in [5.41, 5.74) is -0.405. The normalized spacial score (nSPS) is 11.2. The molecule has 2 N–H and O–H groups in total. The standard InChI is InChI=1S/C11H6ClN3O3/c12-6-1-2-8-5(3-6)4-7-9(15(8)18)11(17)14-13-10(7)16/h1-4H,(H,13,16)(H,14,17). The van der Waals surface area contributed by atoms with Crippen LogP contribution in [0.25, 0.3) is 21.8 Å². The molecule has 0 unspecified atom stereocenters. The van der Waals surface area contributed by atoms with Gasteiger partial charge in [0, 0.05) is 16.5 Å². The third kappa shape index (κ3) is 1.39. The Morgan fingerprint density at radius 1 is 1.39 bits per heavy atom. The first-order chi connectivity index (χ1) is 8.58. The molecule has 90 valence electrons. The molecule has 0 spiro atoms. The zero-order valence-corrected chi connectivity index (χ0v) is 9.60. The third-order valence-electron chi connectivity index (χ3n) is 2.69. The lowest BCUT2D eigenvalue weighted by atomic mass is 10.1. The van der Waals surface area contributed by atoms with Crippen molar-refractivity contribution in [2.45, 2.75) is 0 Å². The number of rotatable bonds is 0. The van der Waals surface area contributed by atoms with Crippen LogP contribution in [0.4, 0.5) is 0 Å². The second kappa shape index (κ2) is 3.58. The van der Waals surface area contributed by atoms with E-state index in [9.17, 15) is 15.1 Å². The summed E-state index contributed by atoms with van der Waals surface area (Å²) in [6.07, 6.45) is 0. The predicted octanol–water partition coefficient (Wildman–Crippen LogP) is 1.07. The number of nitrogens with zero attached hydrogens (tertiary/aromatic N) is 2. The van der Waals surface area contributed by atoms with Gasteiger partial charge in [-0.3, -0.25) is 4.79 Å². The highest BCUT2D eigenvalue weighted by Gasteiger charge is 2.18. The van der Waals surface area contributed by atoms with Crippen LogP contribution in [0.2, 0.25) is 5.02 Å². The van der Waals surface area contributed by atoms with Crippen LogP contribution in [-0.2, 0) is 0 Å². The van der Waals surface area contributed by atoms with Crippen molar-refractivity contribution < 1.29 is 9.84 Å². The summed E-state index contributed by atoms with van der Waals surface area (Å²) in [6.45, 7) is 0. The van der Waals surface area contributed by atoms with E-state index in [1.54, 1.807) is 12.1 Å². The molecule has 0 saturated carbocycles. The largest absolute Gasteiger partial charge is 0.618 e. The van der Waals surface area contributed by atoms with Gasteiger partial charge in [0.05, 0.1) is 0 Å². The van der Waals surface area contributed by atoms with Gasteiger partial charge in [-0.15, -0.1) is 5.10 Å². The fourth-order valence-electron chi connectivity index (χ4n) is 1.88. The van der Waals surface area contributed by atoms with Crippen molar-refractivity contribution in [1.29, 1.82) is 0 Å². The summed E-state index contributed by atoms with van der Waals surface area (Å²) in [4.78, 5) is 11.6. The number of aromatic hydroxyl groups is 1. The highest BCUT2D eigenvalue weighted by Crippen LogP contribution is 2.22. The van der Waals surface area contributed by atoms with E-state index in [-0.39, 0.29) is 10.9 Å². The van der Waals surface area contributed by atoms with E-state index in [2.05, 4.69) is 10.2 Å². The fourth-order valence-corrected chi connectivity index (χ4v) is 2.06. The molecule has 1 aromatic carbocycles. The molecule has 7 heteroatoms. The molecular formula is C11H6ClN3O3. The van der Waals surface area contributed by atoms with Gasteiger partial charge in [0.1, 0.15) is 5.39 Å². The summed E-state index contributed by atoms with van der Waals surface area (Å²) in [6, 6.07) is 6.14. The van der Waals surface area contributed by atoms with Crippen LogP contribution in [-0.4, -0.2) is 15.3 Å². The first-order valence-corrected chi connectivity index (χ1v) is 5.39. The lowest BCUT2D eigenvalue weighted by Crippen LogP contribution is -2.30. The number of fused-ring (bicyclic) bond motifs is 2.